The topological polar surface area (TPSA) is 60.4 Å². The lowest BCUT2D eigenvalue weighted by Gasteiger charge is -2.21. The van der Waals surface area contributed by atoms with Crippen LogP contribution >= 0.6 is 11.6 Å². The van der Waals surface area contributed by atoms with Crippen LogP contribution in [0.15, 0.2) is 84.1 Å². The average Bonchev–Trinajstić information content (AvgIpc) is 3.19. The van der Waals surface area contributed by atoms with Gasteiger partial charge in [0.2, 0.25) is 11.6 Å². The molecule has 31 heavy (non-hydrogen) atoms. The quantitative estimate of drug-likeness (QED) is 0.535. The maximum Gasteiger partial charge on any atom is 0.228 e. The molecule has 152 valence electrons. The molecule has 1 heterocycles. The van der Waals surface area contributed by atoms with E-state index in [2.05, 4.69) is 0 Å². The van der Waals surface area contributed by atoms with Gasteiger partial charge < -0.3 is 4.74 Å². The smallest absolute Gasteiger partial charge is 0.228 e. The van der Waals surface area contributed by atoms with E-state index in [0.717, 1.165) is 0 Å². The third kappa shape index (κ3) is 3.09. The van der Waals surface area contributed by atoms with Crippen LogP contribution in [-0.2, 0) is 4.74 Å². The van der Waals surface area contributed by atoms with Crippen LogP contribution in [0, 0.1) is 5.82 Å². The summed E-state index contributed by atoms with van der Waals surface area (Å²) in [5, 5.41) is 0.495. The van der Waals surface area contributed by atoms with Crippen molar-refractivity contribution in [2.45, 2.75) is 12.0 Å². The van der Waals surface area contributed by atoms with Crippen molar-refractivity contribution in [3.05, 3.63) is 117 Å². The molecule has 0 amide bonds. The number of halogens is 2. The number of fused-ring (bicyclic) bond motifs is 1. The Hall–Kier alpha value is -3.57. The van der Waals surface area contributed by atoms with Gasteiger partial charge in [-0.3, -0.25) is 14.4 Å². The Morgan fingerprint density at radius 1 is 0.839 bits per heavy atom. The van der Waals surface area contributed by atoms with Gasteiger partial charge in [0.15, 0.2) is 17.6 Å². The molecule has 2 aliphatic rings. The Balaban J connectivity index is 1.65. The van der Waals surface area contributed by atoms with Gasteiger partial charge in [-0.2, -0.15) is 0 Å². The second kappa shape index (κ2) is 7.29. The number of hydrogen-bond acceptors (Lipinski definition) is 4. The van der Waals surface area contributed by atoms with Crippen LogP contribution in [0.4, 0.5) is 4.39 Å². The number of benzene rings is 3. The monoisotopic (exact) mass is 432 g/mol. The summed E-state index contributed by atoms with van der Waals surface area (Å²) in [6.45, 7) is 0. The second-order valence-electron chi connectivity index (χ2n) is 7.39. The van der Waals surface area contributed by atoms with Crippen molar-refractivity contribution in [2.75, 3.05) is 0 Å². The van der Waals surface area contributed by atoms with Crippen LogP contribution < -0.4 is 0 Å². The van der Waals surface area contributed by atoms with Crippen molar-refractivity contribution in [3.8, 4) is 0 Å². The maximum absolute atomic E-state index is 13.4. The van der Waals surface area contributed by atoms with Crippen LogP contribution in [0.3, 0.4) is 0 Å². The molecule has 1 aliphatic carbocycles. The molecule has 3 aromatic rings. The van der Waals surface area contributed by atoms with Gasteiger partial charge in [0.05, 0.1) is 11.5 Å². The molecule has 6 heteroatoms. The van der Waals surface area contributed by atoms with E-state index in [0.29, 0.717) is 10.6 Å². The number of rotatable bonds is 3. The molecule has 2 atom stereocenters. The zero-order chi connectivity index (χ0) is 21.7. The Morgan fingerprint density at radius 3 is 2.10 bits per heavy atom. The summed E-state index contributed by atoms with van der Waals surface area (Å²) in [6, 6.07) is 18.3. The largest absolute Gasteiger partial charge is 0.477 e. The molecule has 0 aromatic heterocycles. The number of ketones is 3. The highest BCUT2D eigenvalue weighted by molar-refractivity contribution is 6.30. The maximum atomic E-state index is 13.4. The van der Waals surface area contributed by atoms with Crippen molar-refractivity contribution >= 4 is 29.0 Å². The summed E-state index contributed by atoms with van der Waals surface area (Å²) in [7, 11) is 0. The molecule has 0 unspecified atom stereocenters. The van der Waals surface area contributed by atoms with Crippen molar-refractivity contribution in [2.24, 2.45) is 0 Å². The summed E-state index contributed by atoms with van der Waals surface area (Å²) in [5.74, 6) is -2.60. The molecule has 3 aromatic carbocycles. The zero-order valence-electron chi connectivity index (χ0n) is 16.0. The first-order valence-electron chi connectivity index (χ1n) is 9.60. The van der Waals surface area contributed by atoms with Gasteiger partial charge in [0, 0.05) is 21.7 Å². The number of hydrogen-bond donors (Lipinski definition) is 0. The van der Waals surface area contributed by atoms with E-state index < -0.39 is 29.4 Å². The SMILES string of the molecule is O=C1C2=C(C(=O)c3ccccc31)[C@@H](c1ccc(Cl)cc1)[C@H](C(=O)c1ccc(F)cc1)O2. The van der Waals surface area contributed by atoms with Crippen LogP contribution in [0.25, 0.3) is 0 Å². The van der Waals surface area contributed by atoms with Crippen LogP contribution in [0.5, 0.6) is 0 Å². The fraction of sp³-hybridized carbons (Fsp3) is 0.0800. The number of ether oxygens (including phenoxy) is 1. The number of allylic oxidation sites excluding steroid dienone is 1. The Morgan fingerprint density at radius 2 is 1.45 bits per heavy atom. The van der Waals surface area contributed by atoms with Crippen LogP contribution in [0.2, 0.25) is 5.02 Å². The molecule has 0 saturated carbocycles. The third-order valence-corrected chi connectivity index (χ3v) is 5.84. The van der Waals surface area contributed by atoms with Crippen molar-refractivity contribution in [1.29, 1.82) is 0 Å². The molecule has 1 aliphatic heterocycles. The minimum absolute atomic E-state index is 0.107. The molecule has 0 radical (unpaired) electrons. The van der Waals surface area contributed by atoms with E-state index in [9.17, 15) is 18.8 Å². The molecule has 0 N–H and O–H groups in total. The molecule has 5 rings (SSSR count). The Labute approximate surface area is 181 Å². The summed E-state index contributed by atoms with van der Waals surface area (Å²) >= 11 is 6.02. The number of Topliss-reactive ketones (excluding diaryl/α,β-unsaturated/α-hetero) is 3. The summed E-state index contributed by atoms with van der Waals surface area (Å²) in [4.78, 5) is 39.8. The predicted molar refractivity (Wildman–Crippen MR) is 112 cm³/mol. The number of carbonyl (C=O) groups excluding carboxylic acids is 3. The van der Waals surface area contributed by atoms with Gasteiger partial charge in [-0.15, -0.1) is 0 Å². The van der Waals surface area contributed by atoms with E-state index in [1.807, 2.05) is 0 Å². The summed E-state index contributed by atoms with van der Waals surface area (Å²) < 4.78 is 19.2. The average molecular weight is 433 g/mol. The van der Waals surface area contributed by atoms with E-state index in [1.54, 1.807) is 48.5 Å². The highest BCUT2D eigenvalue weighted by Gasteiger charge is 2.50. The molecule has 0 fully saturated rings. The van der Waals surface area contributed by atoms with Crippen LogP contribution in [-0.4, -0.2) is 23.5 Å². The Bertz CT molecular complexity index is 1280. The molecule has 4 nitrogen and oxygen atoms in total. The molecule has 0 spiro atoms. The highest BCUT2D eigenvalue weighted by Crippen LogP contribution is 2.45. The molecular formula is C25H14ClFO4. The summed E-state index contributed by atoms with van der Waals surface area (Å²) in [6.07, 6.45) is -1.14. The minimum atomic E-state index is -1.14. The lowest BCUT2D eigenvalue weighted by Crippen LogP contribution is -2.28. The second-order valence-corrected chi connectivity index (χ2v) is 7.82. The lowest BCUT2D eigenvalue weighted by atomic mass is 9.78. The molecular weight excluding hydrogens is 419 g/mol. The summed E-state index contributed by atoms with van der Waals surface area (Å²) in [5.41, 5.74) is 1.53. The normalized spacial score (nSPS) is 19.7. The van der Waals surface area contributed by atoms with Crippen molar-refractivity contribution in [3.63, 3.8) is 0 Å². The Kier molecular flexibility index (Phi) is 4.56. The predicted octanol–water partition coefficient (Wildman–Crippen LogP) is 5.18. The molecule has 0 bridgehead atoms. The lowest BCUT2D eigenvalue weighted by molar-refractivity contribution is 0.0640. The van der Waals surface area contributed by atoms with Gasteiger partial charge in [0.1, 0.15) is 5.82 Å². The third-order valence-electron chi connectivity index (χ3n) is 5.59. The first-order valence-corrected chi connectivity index (χ1v) is 9.98. The zero-order valence-corrected chi connectivity index (χ0v) is 16.7. The van der Waals surface area contributed by atoms with Gasteiger partial charge in [-0.1, -0.05) is 48.0 Å². The number of carbonyl (C=O) groups is 3. The van der Waals surface area contributed by atoms with Gasteiger partial charge in [0.25, 0.3) is 0 Å². The highest BCUT2D eigenvalue weighted by atomic mass is 35.5. The fourth-order valence-electron chi connectivity index (χ4n) is 4.11. The minimum Gasteiger partial charge on any atom is -0.477 e. The first kappa shape index (κ1) is 19.4. The van der Waals surface area contributed by atoms with E-state index in [1.165, 1.54) is 24.3 Å². The van der Waals surface area contributed by atoms with E-state index in [-0.39, 0.29) is 33.8 Å². The van der Waals surface area contributed by atoms with E-state index in [4.69, 9.17) is 16.3 Å². The van der Waals surface area contributed by atoms with Crippen molar-refractivity contribution < 1.29 is 23.5 Å². The van der Waals surface area contributed by atoms with Gasteiger partial charge in [-0.05, 0) is 42.0 Å². The van der Waals surface area contributed by atoms with Gasteiger partial charge >= 0.3 is 0 Å². The first-order chi connectivity index (χ1) is 15.0. The standard InChI is InChI=1S/C25H14ClFO4/c26-15-9-5-13(6-10-15)19-20-22(29)17-3-1-2-4-18(17)23(30)25(20)31-24(19)21(28)14-7-11-16(27)12-8-14/h1-12,19,24H/t19-,24-/m1/s1. The van der Waals surface area contributed by atoms with E-state index >= 15 is 0 Å². The molecule has 0 saturated heterocycles. The fourth-order valence-corrected chi connectivity index (χ4v) is 4.24. The van der Waals surface area contributed by atoms with Crippen molar-refractivity contribution in [1.82, 2.24) is 0 Å². The van der Waals surface area contributed by atoms with Crippen LogP contribution in [0.1, 0.15) is 42.6 Å². The van der Waals surface area contributed by atoms with Gasteiger partial charge in [-0.25, -0.2) is 4.39 Å².